The normalized spacial score (nSPS) is 11.2. The second-order valence-electron chi connectivity index (χ2n) is 7.97. The Morgan fingerprint density at radius 3 is 2.22 bits per heavy atom. The maximum atomic E-state index is 14.3. The maximum absolute atomic E-state index is 14.3. The van der Waals surface area contributed by atoms with E-state index in [4.69, 9.17) is 27.9 Å². The van der Waals surface area contributed by atoms with E-state index >= 15 is 0 Å². The second-order valence-corrected chi connectivity index (χ2v) is 8.85. The SMILES string of the molecule is CCN(CC)C(=O)Oc1ccc2c(ccn2Cc2cc(F)c(F)c(F)c2F)c1-c1cc(Cl)cc(Cl)c1. The second kappa shape index (κ2) is 10.4. The Balaban J connectivity index is 1.87. The van der Waals surface area contributed by atoms with Crippen LogP contribution in [0.2, 0.25) is 10.0 Å². The Labute approximate surface area is 214 Å². The number of carbonyl (C=O) groups is 1. The molecule has 0 aliphatic rings. The van der Waals surface area contributed by atoms with Crippen LogP contribution >= 0.6 is 23.2 Å². The van der Waals surface area contributed by atoms with Gasteiger partial charge in [-0.2, -0.15) is 0 Å². The van der Waals surface area contributed by atoms with Crippen molar-refractivity contribution in [2.24, 2.45) is 0 Å². The Hall–Kier alpha value is -3.23. The first-order valence-electron chi connectivity index (χ1n) is 11.0. The summed E-state index contributed by atoms with van der Waals surface area (Å²) in [5, 5.41) is 1.30. The highest BCUT2D eigenvalue weighted by atomic mass is 35.5. The number of hydrogen-bond acceptors (Lipinski definition) is 2. The number of rotatable bonds is 6. The molecule has 0 unspecified atom stereocenters. The summed E-state index contributed by atoms with van der Waals surface area (Å²) in [5.74, 6) is -6.46. The van der Waals surface area contributed by atoms with E-state index in [1.54, 1.807) is 42.6 Å². The van der Waals surface area contributed by atoms with Crippen LogP contribution in [-0.2, 0) is 6.54 Å². The van der Waals surface area contributed by atoms with Crippen LogP contribution in [0.25, 0.3) is 22.0 Å². The highest BCUT2D eigenvalue weighted by molar-refractivity contribution is 6.35. The first-order chi connectivity index (χ1) is 17.1. The molecule has 0 spiro atoms. The fraction of sp³-hybridized carbons (Fsp3) is 0.192. The third kappa shape index (κ3) is 4.88. The van der Waals surface area contributed by atoms with E-state index in [2.05, 4.69) is 0 Å². The van der Waals surface area contributed by atoms with Gasteiger partial charge in [-0.25, -0.2) is 22.4 Å². The van der Waals surface area contributed by atoms with Crippen molar-refractivity contribution in [2.45, 2.75) is 20.4 Å². The first-order valence-corrected chi connectivity index (χ1v) is 11.8. The predicted molar refractivity (Wildman–Crippen MR) is 132 cm³/mol. The van der Waals surface area contributed by atoms with E-state index in [-0.39, 0.29) is 17.9 Å². The molecule has 0 saturated heterocycles. The fourth-order valence-electron chi connectivity index (χ4n) is 4.03. The molecule has 4 nitrogen and oxygen atoms in total. The predicted octanol–water partition coefficient (Wildman–Crippen LogP) is 8.06. The summed E-state index contributed by atoms with van der Waals surface area (Å²) in [6.07, 6.45) is 1.03. The van der Waals surface area contributed by atoms with Gasteiger partial charge in [0.1, 0.15) is 5.75 Å². The summed E-state index contributed by atoms with van der Waals surface area (Å²) in [7, 11) is 0. The Bertz CT molecular complexity index is 1450. The van der Waals surface area contributed by atoms with Crippen molar-refractivity contribution in [3.05, 3.63) is 87.5 Å². The smallest absolute Gasteiger partial charge is 0.410 e. The number of nitrogens with zero attached hydrogens (tertiary/aromatic N) is 2. The van der Waals surface area contributed by atoms with Gasteiger partial charge >= 0.3 is 6.09 Å². The zero-order valence-electron chi connectivity index (χ0n) is 19.2. The molecule has 36 heavy (non-hydrogen) atoms. The lowest BCUT2D eigenvalue weighted by Crippen LogP contribution is -2.33. The molecule has 0 N–H and O–H groups in total. The van der Waals surface area contributed by atoms with Gasteiger partial charge in [-0.1, -0.05) is 23.2 Å². The molecule has 0 aliphatic carbocycles. The number of fused-ring (bicyclic) bond motifs is 1. The molecule has 1 amide bonds. The lowest BCUT2D eigenvalue weighted by molar-refractivity contribution is 0.157. The molecule has 4 aromatic rings. The van der Waals surface area contributed by atoms with Crippen molar-refractivity contribution in [3.8, 4) is 16.9 Å². The monoisotopic (exact) mass is 538 g/mol. The van der Waals surface area contributed by atoms with Gasteiger partial charge in [0.2, 0.25) is 0 Å². The van der Waals surface area contributed by atoms with Crippen molar-refractivity contribution in [2.75, 3.05) is 13.1 Å². The molecule has 188 valence electrons. The van der Waals surface area contributed by atoms with Gasteiger partial charge < -0.3 is 14.2 Å². The molecule has 1 heterocycles. The lowest BCUT2D eigenvalue weighted by atomic mass is 10.0. The molecule has 1 aromatic heterocycles. The quantitative estimate of drug-likeness (QED) is 0.141. The van der Waals surface area contributed by atoms with Crippen molar-refractivity contribution >= 4 is 40.2 Å². The average molecular weight is 539 g/mol. The van der Waals surface area contributed by atoms with Gasteiger partial charge in [-0.05, 0) is 61.9 Å². The summed E-state index contributed by atoms with van der Waals surface area (Å²) < 4.78 is 62.5. The topological polar surface area (TPSA) is 34.5 Å². The molecule has 4 rings (SSSR count). The molecule has 0 radical (unpaired) electrons. The number of ether oxygens (including phenoxy) is 1. The largest absolute Gasteiger partial charge is 0.415 e. The van der Waals surface area contributed by atoms with Crippen molar-refractivity contribution in [3.63, 3.8) is 0 Å². The number of carbonyl (C=O) groups excluding carboxylic acids is 1. The van der Waals surface area contributed by atoms with Gasteiger partial charge in [0.25, 0.3) is 0 Å². The van der Waals surface area contributed by atoms with Gasteiger partial charge in [0.05, 0.1) is 6.54 Å². The number of benzene rings is 3. The van der Waals surface area contributed by atoms with E-state index in [0.717, 1.165) is 0 Å². The fourth-order valence-corrected chi connectivity index (χ4v) is 4.56. The van der Waals surface area contributed by atoms with Crippen molar-refractivity contribution < 1.29 is 27.1 Å². The van der Waals surface area contributed by atoms with Crippen LogP contribution in [0, 0.1) is 23.3 Å². The number of aromatic nitrogens is 1. The zero-order valence-corrected chi connectivity index (χ0v) is 20.7. The van der Waals surface area contributed by atoms with Gasteiger partial charge in [0, 0.05) is 51.4 Å². The maximum Gasteiger partial charge on any atom is 0.415 e. The Morgan fingerprint density at radius 1 is 0.917 bits per heavy atom. The number of amides is 1. The minimum absolute atomic E-state index is 0.237. The summed E-state index contributed by atoms with van der Waals surface area (Å²) in [4.78, 5) is 14.2. The van der Waals surface area contributed by atoms with E-state index in [1.807, 2.05) is 13.8 Å². The Morgan fingerprint density at radius 2 is 1.58 bits per heavy atom. The third-order valence-electron chi connectivity index (χ3n) is 5.80. The van der Waals surface area contributed by atoms with E-state index < -0.39 is 29.4 Å². The summed E-state index contributed by atoms with van der Waals surface area (Å²) >= 11 is 12.5. The van der Waals surface area contributed by atoms with Gasteiger partial charge in [-0.3, -0.25) is 0 Å². The minimum Gasteiger partial charge on any atom is -0.410 e. The molecule has 0 fully saturated rings. The number of hydrogen-bond donors (Lipinski definition) is 0. The molecule has 0 atom stereocenters. The van der Waals surface area contributed by atoms with E-state index in [1.165, 1.54) is 9.47 Å². The van der Waals surface area contributed by atoms with Gasteiger partial charge in [0.15, 0.2) is 23.3 Å². The first kappa shape index (κ1) is 25.9. The highest BCUT2D eigenvalue weighted by Gasteiger charge is 2.22. The van der Waals surface area contributed by atoms with E-state index in [9.17, 15) is 22.4 Å². The molecule has 0 bridgehead atoms. The minimum atomic E-state index is -1.87. The third-order valence-corrected chi connectivity index (χ3v) is 6.24. The standard InChI is InChI=1S/C26H20Cl2F4N2O2/c1-3-33(4-2)26(35)36-21-6-5-20-18(22(21)14-9-16(27)12-17(28)10-14)7-8-34(20)13-15-11-19(29)24(31)25(32)23(15)30/h5-12H,3-4,13H2,1-2H3. The van der Waals surface area contributed by atoms with Crippen LogP contribution in [0.15, 0.2) is 48.7 Å². The molecule has 3 aromatic carbocycles. The van der Waals surface area contributed by atoms with Crippen LogP contribution in [0.5, 0.6) is 5.75 Å². The zero-order chi connectivity index (χ0) is 26.1. The summed E-state index contributed by atoms with van der Waals surface area (Å²) in [6.45, 7) is 4.26. The molecular formula is C26H20Cl2F4N2O2. The Kier molecular flexibility index (Phi) is 7.47. The lowest BCUT2D eigenvalue weighted by Gasteiger charge is -2.20. The molecule has 0 aliphatic heterocycles. The van der Waals surface area contributed by atoms with Crippen LogP contribution in [0.4, 0.5) is 22.4 Å². The van der Waals surface area contributed by atoms with Crippen molar-refractivity contribution in [1.29, 1.82) is 0 Å². The molecule has 10 heteroatoms. The molecule has 0 saturated carbocycles. The summed E-state index contributed by atoms with van der Waals surface area (Å²) in [6, 6.07) is 10.4. The van der Waals surface area contributed by atoms with Crippen LogP contribution in [-0.4, -0.2) is 28.6 Å². The van der Waals surface area contributed by atoms with E-state index in [0.29, 0.717) is 51.2 Å². The molecular weight excluding hydrogens is 519 g/mol. The van der Waals surface area contributed by atoms with Crippen LogP contribution in [0.1, 0.15) is 19.4 Å². The van der Waals surface area contributed by atoms with Crippen molar-refractivity contribution in [1.82, 2.24) is 9.47 Å². The average Bonchev–Trinajstić information content (AvgIpc) is 3.23. The highest BCUT2D eigenvalue weighted by Crippen LogP contribution is 2.40. The van der Waals surface area contributed by atoms with Crippen LogP contribution in [0.3, 0.4) is 0 Å². The van der Waals surface area contributed by atoms with Crippen LogP contribution < -0.4 is 4.74 Å². The number of halogens is 6. The van der Waals surface area contributed by atoms with Gasteiger partial charge in [-0.15, -0.1) is 0 Å². The summed E-state index contributed by atoms with van der Waals surface area (Å²) in [5.41, 5.74) is 1.22.